The first kappa shape index (κ1) is 26.5. The molecule has 2 amide bonds. The number of fused-ring (bicyclic) bond motifs is 1. The summed E-state index contributed by atoms with van der Waals surface area (Å²) in [5.41, 5.74) is 3.88. The fourth-order valence-electron chi connectivity index (χ4n) is 4.34. The third-order valence-electron chi connectivity index (χ3n) is 6.48. The lowest BCUT2D eigenvalue weighted by atomic mass is 10.0. The van der Waals surface area contributed by atoms with Crippen molar-refractivity contribution in [1.29, 1.82) is 0 Å². The number of hydrogen-bond acceptors (Lipinski definition) is 6. The first-order chi connectivity index (χ1) is 18.9. The molecule has 0 bridgehead atoms. The van der Waals surface area contributed by atoms with Crippen LogP contribution in [-0.4, -0.2) is 62.1 Å². The Hall–Kier alpha value is -4.14. The summed E-state index contributed by atoms with van der Waals surface area (Å²) in [5.74, 6) is 1.20. The zero-order valence-electron chi connectivity index (χ0n) is 21.8. The molecule has 4 aromatic rings. The van der Waals surface area contributed by atoms with Crippen LogP contribution in [0.5, 0.6) is 0 Å². The van der Waals surface area contributed by atoms with E-state index in [2.05, 4.69) is 10.3 Å². The highest BCUT2D eigenvalue weighted by Crippen LogP contribution is 2.33. The molecule has 9 heteroatoms. The standard InChI is InChI=1S/C30H29ClN4O4/c1-34(2)27-9-3-20(18-32-27)4-10-28(36)33-19-25-16-24-15-23(17-26(31)29(24)39-25)21-5-7-22(8-6-21)30(37)35-11-13-38-14-12-35/h3-10,15-18H,11-14,19H2,1-2H3,(H,33,36)/b10-4+. The Bertz CT molecular complexity index is 1500. The molecule has 8 nitrogen and oxygen atoms in total. The molecule has 39 heavy (non-hydrogen) atoms. The number of carbonyl (C=O) groups is 2. The van der Waals surface area contributed by atoms with E-state index in [1.165, 1.54) is 6.08 Å². The number of hydrogen-bond donors (Lipinski definition) is 1. The highest BCUT2D eigenvalue weighted by molar-refractivity contribution is 6.35. The second kappa shape index (κ2) is 11.7. The van der Waals surface area contributed by atoms with Crippen LogP contribution in [0.15, 0.2) is 71.3 Å². The van der Waals surface area contributed by atoms with Crippen molar-refractivity contribution in [3.63, 3.8) is 0 Å². The molecule has 1 aliphatic heterocycles. The fourth-order valence-corrected chi connectivity index (χ4v) is 4.60. The molecule has 0 unspecified atom stereocenters. The zero-order valence-corrected chi connectivity index (χ0v) is 22.6. The Morgan fingerprint density at radius 1 is 1.05 bits per heavy atom. The summed E-state index contributed by atoms with van der Waals surface area (Å²) in [7, 11) is 3.84. The van der Waals surface area contributed by atoms with Crippen molar-refractivity contribution in [2.24, 2.45) is 0 Å². The molecule has 1 saturated heterocycles. The van der Waals surface area contributed by atoms with Crippen molar-refractivity contribution in [1.82, 2.24) is 15.2 Å². The number of carbonyl (C=O) groups excluding carboxylic acids is 2. The van der Waals surface area contributed by atoms with Gasteiger partial charge in [-0.25, -0.2) is 4.98 Å². The lowest BCUT2D eigenvalue weighted by molar-refractivity contribution is -0.116. The molecule has 0 atom stereocenters. The van der Waals surface area contributed by atoms with E-state index in [9.17, 15) is 9.59 Å². The van der Waals surface area contributed by atoms with E-state index in [0.717, 1.165) is 27.9 Å². The maximum Gasteiger partial charge on any atom is 0.254 e. The largest absolute Gasteiger partial charge is 0.458 e. The van der Waals surface area contributed by atoms with Gasteiger partial charge in [0.05, 0.1) is 24.8 Å². The van der Waals surface area contributed by atoms with E-state index in [4.69, 9.17) is 20.8 Å². The number of amides is 2. The van der Waals surface area contributed by atoms with Gasteiger partial charge in [-0.2, -0.15) is 0 Å². The summed E-state index contributed by atoms with van der Waals surface area (Å²) in [6.45, 7) is 2.57. The van der Waals surface area contributed by atoms with Crippen LogP contribution in [0.2, 0.25) is 5.02 Å². The average molecular weight is 545 g/mol. The molecular formula is C30H29ClN4O4. The number of aromatic nitrogens is 1. The first-order valence-corrected chi connectivity index (χ1v) is 13.0. The van der Waals surface area contributed by atoms with Gasteiger partial charge in [0.25, 0.3) is 5.91 Å². The predicted molar refractivity (Wildman–Crippen MR) is 153 cm³/mol. The minimum atomic E-state index is -0.245. The maximum absolute atomic E-state index is 12.7. The van der Waals surface area contributed by atoms with E-state index in [0.29, 0.717) is 48.2 Å². The minimum absolute atomic E-state index is 0.00797. The van der Waals surface area contributed by atoms with Crippen molar-refractivity contribution >= 4 is 46.3 Å². The van der Waals surface area contributed by atoms with Gasteiger partial charge >= 0.3 is 0 Å². The molecule has 200 valence electrons. The van der Waals surface area contributed by atoms with Crippen LogP contribution >= 0.6 is 11.6 Å². The molecular weight excluding hydrogens is 516 g/mol. The summed E-state index contributed by atoms with van der Waals surface area (Å²) < 4.78 is 11.2. The summed E-state index contributed by atoms with van der Waals surface area (Å²) in [6.07, 6.45) is 4.89. The van der Waals surface area contributed by atoms with Crippen molar-refractivity contribution < 1.29 is 18.7 Å². The SMILES string of the molecule is CN(C)c1ccc(/C=C/C(=O)NCc2cc3cc(-c4ccc(C(=O)N5CCOCC5)cc4)cc(Cl)c3o2)cn1. The van der Waals surface area contributed by atoms with Crippen LogP contribution in [0.1, 0.15) is 21.7 Å². The number of nitrogens with zero attached hydrogens (tertiary/aromatic N) is 3. The lowest BCUT2D eigenvalue weighted by Gasteiger charge is -2.26. The van der Waals surface area contributed by atoms with Gasteiger partial charge in [0.1, 0.15) is 11.6 Å². The quantitative estimate of drug-likeness (QED) is 0.329. The predicted octanol–water partition coefficient (Wildman–Crippen LogP) is 5.02. The highest BCUT2D eigenvalue weighted by atomic mass is 35.5. The van der Waals surface area contributed by atoms with Gasteiger partial charge in [-0.15, -0.1) is 0 Å². The minimum Gasteiger partial charge on any atom is -0.458 e. The van der Waals surface area contributed by atoms with Crippen molar-refractivity contribution in [3.05, 3.63) is 88.8 Å². The molecule has 0 saturated carbocycles. The number of rotatable bonds is 7. The van der Waals surface area contributed by atoms with Gasteiger partial charge in [0.15, 0.2) is 5.58 Å². The number of anilines is 1. The van der Waals surface area contributed by atoms with Gasteiger partial charge in [0.2, 0.25) is 5.91 Å². The molecule has 5 rings (SSSR count). The second-order valence-electron chi connectivity index (χ2n) is 9.47. The topological polar surface area (TPSA) is 87.9 Å². The summed E-state index contributed by atoms with van der Waals surface area (Å²) >= 11 is 6.55. The van der Waals surface area contributed by atoms with Crippen LogP contribution in [0, 0.1) is 0 Å². The van der Waals surface area contributed by atoms with Crippen LogP contribution < -0.4 is 10.2 Å². The smallest absolute Gasteiger partial charge is 0.254 e. The Balaban J connectivity index is 1.23. The summed E-state index contributed by atoms with van der Waals surface area (Å²) in [5, 5.41) is 4.14. The Kier molecular flexibility index (Phi) is 7.95. The number of furan rings is 1. The monoisotopic (exact) mass is 544 g/mol. The Labute approximate surface area is 231 Å². The van der Waals surface area contributed by atoms with E-state index in [-0.39, 0.29) is 18.4 Å². The third kappa shape index (κ3) is 6.30. The first-order valence-electron chi connectivity index (χ1n) is 12.7. The summed E-state index contributed by atoms with van der Waals surface area (Å²) in [4.78, 5) is 33.1. The van der Waals surface area contributed by atoms with Gasteiger partial charge in [-0.1, -0.05) is 23.7 Å². The van der Waals surface area contributed by atoms with Crippen LogP contribution in [0.3, 0.4) is 0 Å². The number of morpholine rings is 1. The van der Waals surface area contributed by atoms with Crippen LogP contribution in [0.4, 0.5) is 5.82 Å². The van der Waals surface area contributed by atoms with Gasteiger partial charge < -0.3 is 24.3 Å². The summed E-state index contributed by atoms with van der Waals surface area (Å²) in [6, 6.07) is 17.0. The number of nitrogens with one attached hydrogen (secondary N) is 1. The van der Waals surface area contributed by atoms with Gasteiger partial charge in [0, 0.05) is 50.4 Å². The average Bonchev–Trinajstić information content (AvgIpc) is 3.39. The zero-order chi connectivity index (χ0) is 27.4. The fraction of sp³-hybridized carbons (Fsp3) is 0.233. The molecule has 1 N–H and O–H groups in total. The second-order valence-corrected chi connectivity index (χ2v) is 9.87. The van der Waals surface area contributed by atoms with E-state index in [1.54, 1.807) is 12.3 Å². The molecule has 0 spiro atoms. The number of ether oxygens (including phenoxy) is 1. The van der Waals surface area contributed by atoms with E-state index < -0.39 is 0 Å². The highest BCUT2D eigenvalue weighted by Gasteiger charge is 2.18. The van der Waals surface area contributed by atoms with Gasteiger partial charge in [-0.05, 0) is 65.2 Å². The molecule has 2 aromatic carbocycles. The van der Waals surface area contributed by atoms with Crippen molar-refractivity contribution in [2.45, 2.75) is 6.54 Å². The lowest BCUT2D eigenvalue weighted by Crippen LogP contribution is -2.40. The van der Waals surface area contributed by atoms with Gasteiger partial charge in [-0.3, -0.25) is 9.59 Å². The molecule has 2 aromatic heterocycles. The Morgan fingerprint density at radius 3 is 2.51 bits per heavy atom. The van der Waals surface area contributed by atoms with Crippen molar-refractivity contribution in [2.75, 3.05) is 45.3 Å². The Morgan fingerprint density at radius 2 is 1.82 bits per heavy atom. The van der Waals surface area contributed by atoms with Crippen LogP contribution in [0.25, 0.3) is 28.2 Å². The van der Waals surface area contributed by atoms with Crippen LogP contribution in [-0.2, 0) is 16.1 Å². The van der Waals surface area contributed by atoms with E-state index >= 15 is 0 Å². The number of halogens is 1. The third-order valence-corrected chi connectivity index (χ3v) is 6.76. The number of benzene rings is 2. The molecule has 3 heterocycles. The number of pyridine rings is 1. The molecule has 0 radical (unpaired) electrons. The molecule has 1 aliphatic rings. The molecule has 1 fully saturated rings. The maximum atomic E-state index is 12.7. The van der Waals surface area contributed by atoms with E-state index in [1.807, 2.05) is 78.5 Å². The van der Waals surface area contributed by atoms with Crippen molar-refractivity contribution in [3.8, 4) is 11.1 Å². The normalized spacial score (nSPS) is 13.7. The molecule has 0 aliphatic carbocycles.